The predicted octanol–water partition coefficient (Wildman–Crippen LogP) is 1.21. The maximum Gasteiger partial charge on any atom is 0.211 e. The number of hydrogen-bond donors (Lipinski definition) is 0. The molecule has 1 aliphatic heterocycles. The van der Waals surface area contributed by atoms with Crippen LogP contribution in [-0.2, 0) is 15.9 Å². The third-order valence-electron chi connectivity index (χ3n) is 3.29. The van der Waals surface area contributed by atoms with Crippen LogP contribution in [0.5, 0.6) is 0 Å². The zero-order chi connectivity index (χ0) is 14.0. The van der Waals surface area contributed by atoms with Crippen LogP contribution in [0.15, 0.2) is 12.3 Å². The van der Waals surface area contributed by atoms with Gasteiger partial charge in [-0.1, -0.05) is 0 Å². The monoisotopic (exact) mass is 303 g/mol. The van der Waals surface area contributed by atoms with Gasteiger partial charge < -0.3 is 4.90 Å². The molecule has 0 aliphatic carbocycles. The Morgan fingerprint density at radius 1 is 1.32 bits per heavy atom. The Morgan fingerprint density at radius 2 is 1.95 bits per heavy atom. The fraction of sp³-hybridized carbons (Fsp3) is 0.583. The van der Waals surface area contributed by atoms with E-state index in [0.29, 0.717) is 32.1 Å². The molecule has 0 amide bonds. The molecule has 0 unspecified atom stereocenters. The number of aryl methyl sites for hydroxylation is 1. The third-order valence-corrected chi connectivity index (χ3v) is 4.88. The molecule has 7 heteroatoms. The highest BCUT2D eigenvalue weighted by Gasteiger charge is 2.24. The van der Waals surface area contributed by atoms with Gasteiger partial charge in [-0.15, -0.1) is 11.6 Å². The maximum atomic E-state index is 11.5. The maximum absolute atomic E-state index is 11.5. The van der Waals surface area contributed by atoms with Crippen LogP contribution in [0.3, 0.4) is 0 Å². The van der Waals surface area contributed by atoms with Crippen LogP contribution in [0.4, 0.5) is 5.69 Å². The number of anilines is 1. The third kappa shape index (κ3) is 3.38. The Bertz CT molecular complexity index is 554. The van der Waals surface area contributed by atoms with Crippen LogP contribution in [0.1, 0.15) is 11.3 Å². The standard InChI is InChI=1S/C12H18ClN3O2S/c1-10-7-12(11(8-13)9-14-10)15-3-5-16(6-4-15)19(2,17)18/h7,9H,3-6,8H2,1-2H3. The first-order chi connectivity index (χ1) is 8.91. The zero-order valence-corrected chi connectivity index (χ0v) is 12.7. The molecule has 1 fully saturated rings. The van der Waals surface area contributed by atoms with E-state index in [1.54, 1.807) is 6.20 Å². The van der Waals surface area contributed by atoms with Crippen molar-refractivity contribution in [3.05, 3.63) is 23.5 Å². The van der Waals surface area contributed by atoms with E-state index in [-0.39, 0.29) is 0 Å². The summed E-state index contributed by atoms with van der Waals surface area (Å²) >= 11 is 5.93. The minimum atomic E-state index is -3.09. The van der Waals surface area contributed by atoms with E-state index in [0.717, 1.165) is 16.9 Å². The van der Waals surface area contributed by atoms with E-state index in [1.807, 2.05) is 13.0 Å². The Kier molecular flexibility index (Phi) is 4.32. The van der Waals surface area contributed by atoms with Gasteiger partial charge in [-0.2, -0.15) is 4.31 Å². The predicted molar refractivity (Wildman–Crippen MR) is 77.2 cm³/mol. The lowest BCUT2D eigenvalue weighted by Gasteiger charge is -2.35. The summed E-state index contributed by atoms with van der Waals surface area (Å²) in [7, 11) is -3.09. The van der Waals surface area contributed by atoms with E-state index in [9.17, 15) is 8.42 Å². The van der Waals surface area contributed by atoms with Gasteiger partial charge in [-0.05, 0) is 13.0 Å². The number of pyridine rings is 1. The van der Waals surface area contributed by atoms with Crippen molar-refractivity contribution in [2.45, 2.75) is 12.8 Å². The van der Waals surface area contributed by atoms with Crippen molar-refractivity contribution in [1.82, 2.24) is 9.29 Å². The molecule has 0 saturated carbocycles. The van der Waals surface area contributed by atoms with E-state index in [1.165, 1.54) is 10.6 Å². The number of piperazine rings is 1. The second-order valence-corrected chi connectivity index (χ2v) is 6.99. The summed E-state index contributed by atoms with van der Waals surface area (Å²) < 4.78 is 24.5. The van der Waals surface area contributed by atoms with Gasteiger partial charge >= 0.3 is 0 Å². The molecular weight excluding hydrogens is 286 g/mol. The summed E-state index contributed by atoms with van der Waals surface area (Å²) in [6.07, 6.45) is 3.05. The van der Waals surface area contributed by atoms with Crippen molar-refractivity contribution in [2.75, 3.05) is 37.3 Å². The van der Waals surface area contributed by atoms with Gasteiger partial charge in [0, 0.05) is 49.3 Å². The largest absolute Gasteiger partial charge is 0.369 e. The van der Waals surface area contributed by atoms with Crippen molar-refractivity contribution >= 4 is 27.3 Å². The summed E-state index contributed by atoms with van der Waals surface area (Å²) in [5.41, 5.74) is 2.99. The number of rotatable bonds is 3. The van der Waals surface area contributed by atoms with Crippen molar-refractivity contribution in [1.29, 1.82) is 0 Å². The molecule has 106 valence electrons. The Hall–Kier alpha value is -0.850. The minimum Gasteiger partial charge on any atom is -0.369 e. The molecule has 0 bridgehead atoms. The fourth-order valence-electron chi connectivity index (χ4n) is 2.23. The molecular formula is C12H18ClN3O2S. The number of sulfonamides is 1. The first-order valence-electron chi connectivity index (χ1n) is 6.13. The molecule has 2 rings (SSSR count). The van der Waals surface area contributed by atoms with Crippen LogP contribution in [-0.4, -0.2) is 50.1 Å². The van der Waals surface area contributed by atoms with Crippen LogP contribution >= 0.6 is 11.6 Å². The van der Waals surface area contributed by atoms with Gasteiger partial charge in [-0.25, -0.2) is 8.42 Å². The normalized spacial score (nSPS) is 17.7. The van der Waals surface area contributed by atoms with Gasteiger partial charge in [0.25, 0.3) is 0 Å². The molecule has 0 atom stereocenters. The molecule has 5 nitrogen and oxygen atoms in total. The molecule has 1 aliphatic rings. The highest BCUT2D eigenvalue weighted by atomic mass is 35.5. The Balaban J connectivity index is 2.16. The van der Waals surface area contributed by atoms with E-state index < -0.39 is 10.0 Å². The molecule has 1 saturated heterocycles. The molecule has 0 aromatic carbocycles. The van der Waals surface area contributed by atoms with E-state index in [4.69, 9.17) is 11.6 Å². The lowest BCUT2D eigenvalue weighted by Crippen LogP contribution is -2.48. The van der Waals surface area contributed by atoms with Gasteiger partial charge in [-0.3, -0.25) is 4.98 Å². The van der Waals surface area contributed by atoms with Crippen LogP contribution in [0, 0.1) is 6.92 Å². The molecule has 19 heavy (non-hydrogen) atoms. The topological polar surface area (TPSA) is 53.5 Å². The van der Waals surface area contributed by atoms with Crippen LogP contribution in [0.25, 0.3) is 0 Å². The average molecular weight is 304 g/mol. The second-order valence-electron chi connectivity index (χ2n) is 4.74. The van der Waals surface area contributed by atoms with E-state index in [2.05, 4.69) is 9.88 Å². The van der Waals surface area contributed by atoms with Crippen molar-refractivity contribution in [2.24, 2.45) is 0 Å². The highest BCUT2D eigenvalue weighted by molar-refractivity contribution is 7.88. The number of alkyl halides is 1. The minimum absolute atomic E-state index is 0.412. The highest BCUT2D eigenvalue weighted by Crippen LogP contribution is 2.24. The number of hydrogen-bond acceptors (Lipinski definition) is 4. The zero-order valence-electron chi connectivity index (χ0n) is 11.1. The summed E-state index contributed by atoms with van der Waals surface area (Å²) in [4.78, 5) is 6.42. The summed E-state index contributed by atoms with van der Waals surface area (Å²) in [6.45, 7) is 4.33. The first-order valence-corrected chi connectivity index (χ1v) is 8.51. The number of aromatic nitrogens is 1. The number of halogens is 1. The summed E-state index contributed by atoms with van der Waals surface area (Å²) in [6, 6.07) is 2.01. The molecule has 0 radical (unpaired) electrons. The van der Waals surface area contributed by atoms with Crippen LogP contribution < -0.4 is 4.90 Å². The quantitative estimate of drug-likeness (QED) is 0.788. The van der Waals surface area contributed by atoms with Gasteiger partial charge in [0.2, 0.25) is 10.0 Å². The fourth-order valence-corrected chi connectivity index (χ4v) is 3.26. The molecule has 0 N–H and O–H groups in total. The SMILES string of the molecule is Cc1cc(N2CCN(S(C)(=O)=O)CC2)c(CCl)cn1. The second kappa shape index (κ2) is 5.64. The van der Waals surface area contributed by atoms with E-state index >= 15 is 0 Å². The van der Waals surface area contributed by atoms with Gasteiger partial charge in [0.1, 0.15) is 0 Å². The van der Waals surface area contributed by atoms with Crippen molar-refractivity contribution in [3.63, 3.8) is 0 Å². The Labute approximate surface area is 119 Å². The van der Waals surface area contributed by atoms with Gasteiger partial charge in [0.05, 0.1) is 12.1 Å². The van der Waals surface area contributed by atoms with Crippen LogP contribution in [0.2, 0.25) is 0 Å². The summed E-state index contributed by atoms with van der Waals surface area (Å²) in [5, 5.41) is 0. The van der Waals surface area contributed by atoms with Crippen molar-refractivity contribution in [3.8, 4) is 0 Å². The average Bonchev–Trinajstić information content (AvgIpc) is 2.38. The first kappa shape index (κ1) is 14.6. The molecule has 2 heterocycles. The molecule has 0 spiro atoms. The molecule has 1 aromatic heterocycles. The smallest absolute Gasteiger partial charge is 0.211 e. The van der Waals surface area contributed by atoms with Crippen molar-refractivity contribution < 1.29 is 8.42 Å². The molecule has 1 aromatic rings. The Morgan fingerprint density at radius 3 is 2.47 bits per heavy atom. The van der Waals surface area contributed by atoms with Gasteiger partial charge in [0.15, 0.2) is 0 Å². The number of nitrogens with zero attached hydrogens (tertiary/aromatic N) is 3. The summed E-state index contributed by atoms with van der Waals surface area (Å²) in [5.74, 6) is 0.412. The lowest BCUT2D eigenvalue weighted by atomic mass is 10.2. The lowest BCUT2D eigenvalue weighted by molar-refractivity contribution is 0.388.